The molecule has 0 atom stereocenters. The number of carbonyl (C=O) groups is 1. The molecule has 0 unspecified atom stereocenters. The summed E-state index contributed by atoms with van der Waals surface area (Å²) in [5.41, 5.74) is 4.53. The molecule has 4 rings (SSSR count). The number of hydrogen-bond acceptors (Lipinski definition) is 5. The summed E-state index contributed by atoms with van der Waals surface area (Å²) < 4.78 is 7.08. The number of rotatable bonds is 6. The van der Waals surface area contributed by atoms with Crippen molar-refractivity contribution in [3.8, 4) is 28.3 Å². The molecule has 29 heavy (non-hydrogen) atoms. The molecule has 0 aliphatic heterocycles. The minimum absolute atomic E-state index is 0.241. The maximum absolute atomic E-state index is 12.5. The van der Waals surface area contributed by atoms with E-state index in [0.717, 1.165) is 22.4 Å². The largest absolute Gasteiger partial charge is 0.496 e. The molecule has 0 fully saturated rings. The fourth-order valence-corrected chi connectivity index (χ4v) is 2.96. The highest BCUT2D eigenvalue weighted by molar-refractivity contribution is 5.93. The van der Waals surface area contributed by atoms with Crippen molar-refractivity contribution >= 4 is 5.91 Å². The third-order valence-electron chi connectivity index (χ3n) is 4.48. The van der Waals surface area contributed by atoms with Gasteiger partial charge in [-0.15, -0.1) is 0 Å². The Morgan fingerprint density at radius 1 is 1.17 bits per heavy atom. The lowest BCUT2D eigenvalue weighted by molar-refractivity contribution is 0.0946. The SMILES string of the molecule is COc1ccccc1-c1cc(C(=O)NCc2ccc(-c3cnn(C)c3)nc2)[nH]n1. The number of carbonyl (C=O) groups excluding carboxylic acids is 1. The second-order valence-electron chi connectivity index (χ2n) is 6.50. The van der Waals surface area contributed by atoms with E-state index in [4.69, 9.17) is 4.74 Å². The first-order valence-electron chi connectivity index (χ1n) is 9.05. The molecule has 3 heterocycles. The average molecular weight is 388 g/mol. The van der Waals surface area contributed by atoms with E-state index in [0.29, 0.717) is 23.7 Å². The smallest absolute Gasteiger partial charge is 0.269 e. The van der Waals surface area contributed by atoms with Crippen molar-refractivity contribution in [1.82, 2.24) is 30.3 Å². The van der Waals surface area contributed by atoms with Crippen LogP contribution in [0.4, 0.5) is 0 Å². The summed E-state index contributed by atoms with van der Waals surface area (Å²) in [6, 6.07) is 13.1. The molecular weight excluding hydrogens is 368 g/mol. The molecule has 8 heteroatoms. The van der Waals surface area contributed by atoms with Gasteiger partial charge in [0.05, 0.1) is 24.7 Å². The number of pyridine rings is 1. The third-order valence-corrected chi connectivity index (χ3v) is 4.48. The van der Waals surface area contributed by atoms with Crippen LogP contribution in [-0.2, 0) is 13.6 Å². The second-order valence-corrected chi connectivity index (χ2v) is 6.50. The molecule has 4 aromatic rings. The summed E-state index contributed by atoms with van der Waals surface area (Å²) in [5, 5.41) is 14.0. The number of nitrogens with one attached hydrogen (secondary N) is 2. The number of hydrogen-bond donors (Lipinski definition) is 2. The van der Waals surface area contributed by atoms with Gasteiger partial charge in [0.25, 0.3) is 5.91 Å². The Kier molecular flexibility index (Phi) is 5.07. The highest BCUT2D eigenvalue weighted by Crippen LogP contribution is 2.28. The number of H-pyrrole nitrogens is 1. The molecule has 3 aromatic heterocycles. The first-order chi connectivity index (χ1) is 14.1. The summed E-state index contributed by atoms with van der Waals surface area (Å²) in [5.74, 6) is 0.459. The second kappa shape index (κ2) is 7.97. The number of amides is 1. The van der Waals surface area contributed by atoms with Crippen molar-refractivity contribution in [2.24, 2.45) is 7.05 Å². The molecule has 0 bridgehead atoms. The molecule has 0 saturated heterocycles. The number of aromatic amines is 1. The van der Waals surface area contributed by atoms with Gasteiger partial charge in [0, 0.05) is 37.1 Å². The quantitative estimate of drug-likeness (QED) is 0.529. The van der Waals surface area contributed by atoms with Gasteiger partial charge in [-0.3, -0.25) is 19.6 Å². The molecule has 0 saturated carbocycles. The van der Waals surface area contributed by atoms with Crippen LogP contribution in [-0.4, -0.2) is 38.0 Å². The van der Waals surface area contributed by atoms with Gasteiger partial charge < -0.3 is 10.1 Å². The lowest BCUT2D eigenvalue weighted by Crippen LogP contribution is -2.23. The first-order valence-corrected chi connectivity index (χ1v) is 9.05. The van der Waals surface area contributed by atoms with Crippen LogP contribution in [0, 0.1) is 0 Å². The Bertz CT molecular complexity index is 1130. The van der Waals surface area contributed by atoms with E-state index in [1.807, 2.05) is 49.6 Å². The monoisotopic (exact) mass is 388 g/mol. The van der Waals surface area contributed by atoms with E-state index < -0.39 is 0 Å². The number of aromatic nitrogens is 5. The van der Waals surface area contributed by atoms with E-state index in [9.17, 15) is 4.79 Å². The van der Waals surface area contributed by atoms with Gasteiger partial charge >= 0.3 is 0 Å². The van der Waals surface area contributed by atoms with Crippen LogP contribution in [0.2, 0.25) is 0 Å². The molecule has 8 nitrogen and oxygen atoms in total. The van der Waals surface area contributed by atoms with Crippen molar-refractivity contribution in [1.29, 1.82) is 0 Å². The van der Waals surface area contributed by atoms with Crippen LogP contribution in [0.3, 0.4) is 0 Å². The zero-order valence-corrected chi connectivity index (χ0v) is 16.1. The van der Waals surface area contributed by atoms with Crippen LogP contribution < -0.4 is 10.1 Å². The normalized spacial score (nSPS) is 10.7. The fraction of sp³-hybridized carbons (Fsp3) is 0.143. The Morgan fingerprint density at radius 2 is 2.03 bits per heavy atom. The van der Waals surface area contributed by atoms with E-state index in [2.05, 4.69) is 25.6 Å². The number of para-hydroxylation sites is 1. The highest BCUT2D eigenvalue weighted by atomic mass is 16.5. The van der Waals surface area contributed by atoms with Gasteiger partial charge in [-0.05, 0) is 29.8 Å². The Morgan fingerprint density at radius 3 is 2.76 bits per heavy atom. The summed E-state index contributed by atoms with van der Waals surface area (Å²) in [6.45, 7) is 0.363. The van der Waals surface area contributed by atoms with Gasteiger partial charge in [-0.1, -0.05) is 18.2 Å². The third kappa shape index (κ3) is 4.01. The maximum Gasteiger partial charge on any atom is 0.269 e. The lowest BCUT2D eigenvalue weighted by Gasteiger charge is -2.05. The summed E-state index contributed by atoms with van der Waals surface area (Å²) in [7, 11) is 3.47. The lowest BCUT2D eigenvalue weighted by atomic mass is 10.1. The molecule has 0 radical (unpaired) electrons. The number of benzene rings is 1. The maximum atomic E-state index is 12.5. The number of methoxy groups -OCH3 is 1. The minimum atomic E-state index is -0.241. The van der Waals surface area contributed by atoms with Gasteiger partial charge in [-0.2, -0.15) is 10.2 Å². The van der Waals surface area contributed by atoms with Crippen molar-refractivity contribution in [3.05, 3.63) is 72.3 Å². The van der Waals surface area contributed by atoms with Gasteiger partial charge in [0.2, 0.25) is 0 Å². The minimum Gasteiger partial charge on any atom is -0.496 e. The van der Waals surface area contributed by atoms with Crippen LogP contribution in [0.1, 0.15) is 16.1 Å². The van der Waals surface area contributed by atoms with Crippen molar-refractivity contribution in [3.63, 3.8) is 0 Å². The van der Waals surface area contributed by atoms with E-state index in [1.165, 1.54) is 0 Å². The topological polar surface area (TPSA) is 97.7 Å². The standard InChI is InChI=1S/C21H20N6O2/c1-27-13-15(12-24-27)17-8-7-14(10-22-17)11-23-21(28)19-9-18(25-26-19)16-5-3-4-6-20(16)29-2/h3-10,12-13H,11H2,1-2H3,(H,23,28)(H,25,26). The van der Waals surface area contributed by atoms with Crippen molar-refractivity contribution in [2.75, 3.05) is 7.11 Å². The summed E-state index contributed by atoms with van der Waals surface area (Å²) in [6.07, 6.45) is 5.42. The molecule has 1 amide bonds. The van der Waals surface area contributed by atoms with Gasteiger partial charge in [0.1, 0.15) is 11.4 Å². The first kappa shape index (κ1) is 18.4. The van der Waals surface area contributed by atoms with Crippen LogP contribution in [0.25, 0.3) is 22.5 Å². The predicted octanol–water partition coefficient (Wildman–Crippen LogP) is 2.81. The summed E-state index contributed by atoms with van der Waals surface area (Å²) >= 11 is 0. The Labute approximate surface area is 167 Å². The van der Waals surface area contributed by atoms with Gasteiger partial charge in [-0.25, -0.2) is 0 Å². The predicted molar refractivity (Wildman–Crippen MR) is 108 cm³/mol. The zero-order valence-electron chi connectivity index (χ0n) is 16.1. The summed E-state index contributed by atoms with van der Waals surface area (Å²) in [4.78, 5) is 16.9. The molecule has 0 aliphatic rings. The molecule has 0 aliphatic carbocycles. The molecule has 2 N–H and O–H groups in total. The molecular formula is C21H20N6O2. The zero-order chi connectivity index (χ0) is 20.2. The van der Waals surface area contributed by atoms with Crippen molar-refractivity contribution in [2.45, 2.75) is 6.54 Å². The van der Waals surface area contributed by atoms with Gasteiger partial charge in [0.15, 0.2) is 0 Å². The number of nitrogens with zero attached hydrogens (tertiary/aromatic N) is 4. The number of ether oxygens (including phenoxy) is 1. The van der Waals surface area contributed by atoms with Crippen LogP contribution >= 0.6 is 0 Å². The molecule has 0 spiro atoms. The van der Waals surface area contributed by atoms with Crippen LogP contribution in [0.15, 0.2) is 61.1 Å². The van der Waals surface area contributed by atoms with Crippen LogP contribution in [0.5, 0.6) is 5.75 Å². The molecule has 1 aromatic carbocycles. The Balaban J connectivity index is 1.41. The fourth-order valence-electron chi connectivity index (χ4n) is 2.96. The van der Waals surface area contributed by atoms with E-state index >= 15 is 0 Å². The van der Waals surface area contributed by atoms with E-state index in [1.54, 1.807) is 30.3 Å². The molecule has 146 valence electrons. The Hall–Kier alpha value is -3.94. The average Bonchev–Trinajstić information content (AvgIpc) is 3.42. The number of aryl methyl sites for hydroxylation is 1. The van der Waals surface area contributed by atoms with E-state index in [-0.39, 0.29) is 5.91 Å². The highest BCUT2D eigenvalue weighted by Gasteiger charge is 2.13. The van der Waals surface area contributed by atoms with Crippen molar-refractivity contribution < 1.29 is 9.53 Å².